The van der Waals surface area contributed by atoms with E-state index in [1.54, 1.807) is 48.0 Å². The second-order valence-electron chi connectivity index (χ2n) is 7.31. The van der Waals surface area contributed by atoms with E-state index in [0.29, 0.717) is 39.4 Å². The highest BCUT2D eigenvalue weighted by molar-refractivity contribution is 6.32. The number of para-hydroxylation sites is 1. The first kappa shape index (κ1) is 22.8. The molecule has 0 saturated carbocycles. The zero-order valence-electron chi connectivity index (χ0n) is 17.8. The molecule has 33 heavy (non-hydrogen) atoms. The number of hydrogen-bond acceptors (Lipinski definition) is 4. The van der Waals surface area contributed by atoms with E-state index in [0.717, 1.165) is 11.3 Å². The number of carbonyl (C=O) groups excluding carboxylic acids is 1. The van der Waals surface area contributed by atoms with Crippen molar-refractivity contribution >= 4 is 34.8 Å². The normalized spacial score (nSPS) is 10.9. The zero-order chi connectivity index (χ0) is 23.5. The van der Waals surface area contributed by atoms with Crippen LogP contribution in [-0.4, -0.2) is 25.5 Å². The van der Waals surface area contributed by atoms with Crippen LogP contribution in [-0.2, 0) is 13.3 Å². The lowest BCUT2D eigenvalue weighted by molar-refractivity contribution is 0.100. The fourth-order valence-electron chi connectivity index (χ4n) is 3.34. The number of aromatic nitrogens is 4. The topological polar surface area (TPSA) is 74.0 Å². The molecule has 0 atom stereocenters. The van der Waals surface area contributed by atoms with Crippen molar-refractivity contribution in [2.75, 3.05) is 5.32 Å². The van der Waals surface area contributed by atoms with Crippen LogP contribution >= 0.6 is 23.2 Å². The third kappa shape index (κ3) is 5.02. The number of hydrogen-bond donors (Lipinski definition) is 1. The van der Waals surface area contributed by atoms with Crippen LogP contribution < -0.4 is 10.1 Å². The Bertz CT molecular complexity index is 1320. The van der Waals surface area contributed by atoms with Crippen molar-refractivity contribution in [3.8, 4) is 5.75 Å². The molecule has 1 amide bonds. The van der Waals surface area contributed by atoms with Gasteiger partial charge in [-0.15, -0.1) is 0 Å². The van der Waals surface area contributed by atoms with Crippen molar-refractivity contribution in [2.45, 2.75) is 27.1 Å². The molecule has 0 radical (unpaired) electrons. The molecule has 0 fully saturated rings. The second kappa shape index (κ2) is 9.64. The van der Waals surface area contributed by atoms with E-state index < -0.39 is 5.82 Å². The third-order valence-electron chi connectivity index (χ3n) is 5.08. The molecule has 0 saturated heterocycles. The van der Waals surface area contributed by atoms with Crippen molar-refractivity contribution < 1.29 is 13.9 Å². The number of carbonyl (C=O) groups is 1. The standard InChI is InChI=1S/C23H20Cl2FN5O2/c1-14-22(15(2)30(29-14)12-16-7-8-17(26)11-19(16)25)28-23(32)20-9-10-27-31(20)13-33-21-6-4-3-5-18(21)24/h3-11H,12-13H2,1-2H3,(H,28,32). The maximum atomic E-state index is 13.3. The number of benzene rings is 2. The van der Waals surface area contributed by atoms with Crippen molar-refractivity contribution in [1.29, 1.82) is 0 Å². The van der Waals surface area contributed by atoms with Gasteiger partial charge in [0.2, 0.25) is 0 Å². The van der Waals surface area contributed by atoms with Crippen molar-refractivity contribution in [3.05, 3.63) is 93.2 Å². The number of aryl methyl sites for hydroxylation is 1. The summed E-state index contributed by atoms with van der Waals surface area (Å²) in [6, 6.07) is 12.9. The summed E-state index contributed by atoms with van der Waals surface area (Å²) < 4.78 is 22.2. The van der Waals surface area contributed by atoms with Crippen LogP contribution in [0.25, 0.3) is 0 Å². The molecule has 2 aromatic heterocycles. The predicted octanol–water partition coefficient (Wildman–Crippen LogP) is 5.48. The molecular weight excluding hydrogens is 468 g/mol. The molecule has 4 aromatic rings. The average Bonchev–Trinajstić information content (AvgIpc) is 3.35. The molecule has 0 spiro atoms. The van der Waals surface area contributed by atoms with Crippen LogP contribution in [0.3, 0.4) is 0 Å². The Morgan fingerprint density at radius 3 is 2.64 bits per heavy atom. The van der Waals surface area contributed by atoms with Gasteiger partial charge in [0.1, 0.15) is 17.3 Å². The Morgan fingerprint density at radius 1 is 1.09 bits per heavy atom. The van der Waals surface area contributed by atoms with Gasteiger partial charge in [-0.05, 0) is 49.7 Å². The molecule has 7 nitrogen and oxygen atoms in total. The van der Waals surface area contributed by atoms with Gasteiger partial charge in [-0.1, -0.05) is 41.4 Å². The number of nitrogens with zero attached hydrogens (tertiary/aromatic N) is 4. The summed E-state index contributed by atoms with van der Waals surface area (Å²) in [5.41, 5.74) is 2.99. The number of amides is 1. The van der Waals surface area contributed by atoms with Crippen molar-refractivity contribution in [3.63, 3.8) is 0 Å². The Balaban J connectivity index is 1.49. The summed E-state index contributed by atoms with van der Waals surface area (Å²) >= 11 is 12.3. The molecule has 1 N–H and O–H groups in total. The summed E-state index contributed by atoms with van der Waals surface area (Å²) in [4.78, 5) is 13.0. The summed E-state index contributed by atoms with van der Waals surface area (Å²) in [7, 11) is 0. The van der Waals surface area contributed by atoms with Gasteiger partial charge in [0.05, 0.1) is 28.6 Å². The van der Waals surface area contributed by atoms with Gasteiger partial charge in [0.25, 0.3) is 5.91 Å². The van der Waals surface area contributed by atoms with E-state index in [4.69, 9.17) is 27.9 Å². The summed E-state index contributed by atoms with van der Waals surface area (Å²) in [6.07, 6.45) is 1.52. The number of anilines is 1. The second-order valence-corrected chi connectivity index (χ2v) is 8.13. The van der Waals surface area contributed by atoms with Crippen LogP contribution in [0.4, 0.5) is 10.1 Å². The van der Waals surface area contributed by atoms with E-state index in [1.807, 2.05) is 6.92 Å². The molecule has 170 valence electrons. The van der Waals surface area contributed by atoms with Gasteiger partial charge < -0.3 is 10.1 Å². The SMILES string of the molecule is Cc1nn(Cc2ccc(F)cc2Cl)c(C)c1NC(=O)c1ccnn1COc1ccccc1Cl. The Morgan fingerprint density at radius 2 is 1.88 bits per heavy atom. The van der Waals surface area contributed by atoms with Crippen LogP contribution in [0.15, 0.2) is 54.7 Å². The van der Waals surface area contributed by atoms with E-state index in [-0.39, 0.29) is 12.6 Å². The Labute approximate surface area is 199 Å². The minimum atomic E-state index is -0.403. The van der Waals surface area contributed by atoms with Gasteiger partial charge in [-0.3, -0.25) is 9.48 Å². The third-order valence-corrected chi connectivity index (χ3v) is 5.75. The van der Waals surface area contributed by atoms with E-state index in [9.17, 15) is 9.18 Å². The average molecular weight is 488 g/mol. The molecule has 2 heterocycles. The first-order chi connectivity index (χ1) is 15.8. The van der Waals surface area contributed by atoms with Crippen molar-refractivity contribution in [1.82, 2.24) is 19.6 Å². The quantitative estimate of drug-likeness (QED) is 0.374. The monoisotopic (exact) mass is 487 g/mol. The van der Waals surface area contributed by atoms with Crippen LogP contribution in [0.1, 0.15) is 27.4 Å². The lowest BCUT2D eigenvalue weighted by atomic mass is 10.2. The largest absolute Gasteiger partial charge is 0.470 e. The highest BCUT2D eigenvalue weighted by Gasteiger charge is 2.19. The number of halogens is 3. The molecular formula is C23H20Cl2FN5O2. The number of rotatable bonds is 7. The summed E-state index contributed by atoms with van der Waals surface area (Å²) in [5.74, 6) is -0.269. The van der Waals surface area contributed by atoms with Crippen molar-refractivity contribution in [2.24, 2.45) is 0 Å². The Hall–Kier alpha value is -3.36. The maximum absolute atomic E-state index is 13.3. The van der Waals surface area contributed by atoms with E-state index in [2.05, 4.69) is 15.5 Å². The van der Waals surface area contributed by atoms with Gasteiger partial charge in [0.15, 0.2) is 6.73 Å². The van der Waals surface area contributed by atoms with Crippen LogP contribution in [0, 0.1) is 19.7 Å². The van der Waals surface area contributed by atoms with Gasteiger partial charge >= 0.3 is 0 Å². The fourth-order valence-corrected chi connectivity index (χ4v) is 3.76. The van der Waals surface area contributed by atoms with Gasteiger partial charge in [-0.25, -0.2) is 9.07 Å². The molecule has 0 bridgehead atoms. The smallest absolute Gasteiger partial charge is 0.274 e. The van der Waals surface area contributed by atoms with Crippen LogP contribution in [0.2, 0.25) is 10.0 Å². The highest BCUT2D eigenvalue weighted by atomic mass is 35.5. The maximum Gasteiger partial charge on any atom is 0.274 e. The minimum absolute atomic E-state index is 0.0137. The summed E-state index contributed by atoms with van der Waals surface area (Å²) in [5, 5.41) is 12.4. The van der Waals surface area contributed by atoms with Gasteiger partial charge in [-0.2, -0.15) is 10.2 Å². The first-order valence-corrected chi connectivity index (χ1v) is 10.8. The van der Waals surface area contributed by atoms with Gasteiger partial charge in [0, 0.05) is 11.2 Å². The Kier molecular flexibility index (Phi) is 6.67. The highest BCUT2D eigenvalue weighted by Crippen LogP contribution is 2.25. The van der Waals surface area contributed by atoms with Crippen LogP contribution in [0.5, 0.6) is 5.75 Å². The molecule has 10 heteroatoms. The minimum Gasteiger partial charge on any atom is -0.470 e. The van der Waals surface area contributed by atoms with E-state index >= 15 is 0 Å². The lowest BCUT2D eigenvalue weighted by Crippen LogP contribution is -2.20. The summed E-state index contributed by atoms with van der Waals surface area (Å²) in [6.45, 7) is 3.99. The lowest BCUT2D eigenvalue weighted by Gasteiger charge is -2.11. The number of ether oxygens (including phenoxy) is 1. The first-order valence-electron chi connectivity index (χ1n) is 10.0. The molecule has 2 aromatic carbocycles. The van der Waals surface area contributed by atoms with E-state index in [1.165, 1.54) is 23.0 Å². The molecule has 0 aliphatic heterocycles. The zero-order valence-corrected chi connectivity index (χ0v) is 19.4. The molecule has 0 aliphatic rings. The fraction of sp³-hybridized carbons (Fsp3) is 0.174. The number of nitrogens with one attached hydrogen (secondary N) is 1. The predicted molar refractivity (Wildman–Crippen MR) is 124 cm³/mol. The molecule has 0 unspecified atom stereocenters. The molecule has 0 aliphatic carbocycles. The molecule has 4 rings (SSSR count).